The van der Waals surface area contributed by atoms with Gasteiger partial charge in [0.15, 0.2) is 0 Å². The average Bonchev–Trinajstić information content (AvgIpc) is 2.47. The van der Waals surface area contributed by atoms with E-state index in [1.165, 1.54) is 5.56 Å². The molecule has 2 atom stereocenters. The van der Waals surface area contributed by atoms with Crippen LogP contribution in [0.4, 0.5) is 0 Å². The second kappa shape index (κ2) is 5.68. The Balaban J connectivity index is 1.94. The lowest BCUT2D eigenvalue weighted by Gasteiger charge is -2.32. The molecule has 0 amide bonds. The van der Waals surface area contributed by atoms with Gasteiger partial charge in [-0.1, -0.05) is 31.5 Å². The van der Waals surface area contributed by atoms with Gasteiger partial charge in [0.05, 0.1) is 0 Å². The van der Waals surface area contributed by atoms with Gasteiger partial charge >= 0.3 is 0 Å². The Morgan fingerprint density at radius 2 is 1.76 bits per heavy atom. The minimum atomic E-state index is -0.0311. The molecule has 21 heavy (non-hydrogen) atoms. The Morgan fingerprint density at radius 3 is 2.48 bits per heavy atom. The first-order valence-electron chi connectivity index (χ1n) is 7.46. The van der Waals surface area contributed by atoms with E-state index in [1.54, 1.807) is 24.3 Å². The SMILES string of the molecule is CCCC1CC(c2ccc(O)cc2)Oc2cc(O)ccc21. The molecule has 1 aliphatic rings. The Hall–Kier alpha value is -2.16. The summed E-state index contributed by atoms with van der Waals surface area (Å²) < 4.78 is 6.07. The van der Waals surface area contributed by atoms with Crippen molar-refractivity contribution in [2.45, 2.75) is 38.2 Å². The first-order chi connectivity index (χ1) is 10.2. The van der Waals surface area contributed by atoms with Crippen molar-refractivity contribution < 1.29 is 14.9 Å². The van der Waals surface area contributed by atoms with Gasteiger partial charge in [-0.25, -0.2) is 0 Å². The molecule has 2 unspecified atom stereocenters. The Morgan fingerprint density at radius 1 is 1.05 bits per heavy atom. The van der Waals surface area contributed by atoms with Crippen LogP contribution in [-0.4, -0.2) is 10.2 Å². The van der Waals surface area contributed by atoms with E-state index < -0.39 is 0 Å². The predicted octanol–water partition coefficient (Wildman–Crippen LogP) is 4.51. The van der Waals surface area contributed by atoms with E-state index in [1.807, 2.05) is 18.2 Å². The average molecular weight is 284 g/mol. The van der Waals surface area contributed by atoms with E-state index in [9.17, 15) is 10.2 Å². The second-order valence-electron chi connectivity index (χ2n) is 5.64. The van der Waals surface area contributed by atoms with Crippen molar-refractivity contribution in [3.8, 4) is 17.2 Å². The van der Waals surface area contributed by atoms with Gasteiger partial charge in [0.1, 0.15) is 23.4 Å². The van der Waals surface area contributed by atoms with Crippen LogP contribution in [0.3, 0.4) is 0 Å². The van der Waals surface area contributed by atoms with Crippen molar-refractivity contribution in [2.24, 2.45) is 0 Å². The summed E-state index contributed by atoms with van der Waals surface area (Å²) >= 11 is 0. The van der Waals surface area contributed by atoms with Crippen molar-refractivity contribution in [1.82, 2.24) is 0 Å². The summed E-state index contributed by atoms with van der Waals surface area (Å²) in [6, 6.07) is 12.6. The van der Waals surface area contributed by atoms with Crippen LogP contribution >= 0.6 is 0 Å². The molecule has 2 aromatic rings. The van der Waals surface area contributed by atoms with Gasteiger partial charge in [-0.05, 0) is 48.1 Å². The van der Waals surface area contributed by atoms with Gasteiger partial charge in [-0.15, -0.1) is 0 Å². The summed E-state index contributed by atoms with van der Waals surface area (Å²) in [5.74, 6) is 1.71. The fraction of sp³-hybridized carbons (Fsp3) is 0.333. The molecule has 0 aromatic heterocycles. The molecule has 2 N–H and O–H groups in total. The zero-order valence-corrected chi connectivity index (χ0v) is 12.1. The van der Waals surface area contributed by atoms with Gasteiger partial charge in [0, 0.05) is 6.07 Å². The molecular formula is C18H20O3. The minimum absolute atomic E-state index is 0.0311. The topological polar surface area (TPSA) is 49.7 Å². The van der Waals surface area contributed by atoms with E-state index in [-0.39, 0.29) is 17.6 Å². The summed E-state index contributed by atoms with van der Waals surface area (Å²) in [5.41, 5.74) is 2.24. The molecule has 0 bridgehead atoms. The Kier molecular flexibility index (Phi) is 3.74. The molecule has 0 fully saturated rings. The zero-order valence-electron chi connectivity index (χ0n) is 12.1. The summed E-state index contributed by atoms with van der Waals surface area (Å²) in [4.78, 5) is 0. The van der Waals surface area contributed by atoms with Crippen molar-refractivity contribution in [3.63, 3.8) is 0 Å². The number of aromatic hydroxyl groups is 2. The van der Waals surface area contributed by atoms with E-state index in [4.69, 9.17) is 4.74 Å². The highest BCUT2D eigenvalue weighted by molar-refractivity contribution is 5.44. The van der Waals surface area contributed by atoms with Crippen LogP contribution in [0.5, 0.6) is 17.2 Å². The van der Waals surface area contributed by atoms with E-state index in [2.05, 4.69) is 6.92 Å². The summed E-state index contributed by atoms with van der Waals surface area (Å²) in [5, 5.41) is 19.1. The second-order valence-corrected chi connectivity index (χ2v) is 5.64. The molecule has 0 aliphatic carbocycles. The van der Waals surface area contributed by atoms with Crippen LogP contribution in [0.2, 0.25) is 0 Å². The number of phenolic OH excluding ortho intramolecular Hbond substituents is 2. The molecule has 0 radical (unpaired) electrons. The normalized spacial score (nSPS) is 20.6. The van der Waals surface area contributed by atoms with Crippen LogP contribution in [0.25, 0.3) is 0 Å². The molecule has 3 heteroatoms. The van der Waals surface area contributed by atoms with Crippen LogP contribution in [0.15, 0.2) is 42.5 Å². The maximum Gasteiger partial charge on any atom is 0.127 e. The Bertz CT molecular complexity index is 619. The van der Waals surface area contributed by atoms with Gasteiger partial charge in [0.2, 0.25) is 0 Å². The molecular weight excluding hydrogens is 264 g/mol. The number of benzene rings is 2. The van der Waals surface area contributed by atoms with Gasteiger partial charge in [0.25, 0.3) is 0 Å². The first kappa shape index (κ1) is 13.8. The number of fused-ring (bicyclic) bond motifs is 1. The van der Waals surface area contributed by atoms with Gasteiger partial charge < -0.3 is 14.9 Å². The highest BCUT2D eigenvalue weighted by atomic mass is 16.5. The molecule has 3 rings (SSSR count). The molecule has 110 valence electrons. The maximum atomic E-state index is 9.68. The summed E-state index contributed by atoms with van der Waals surface area (Å²) in [6.45, 7) is 2.19. The smallest absolute Gasteiger partial charge is 0.127 e. The van der Waals surface area contributed by atoms with Crippen molar-refractivity contribution >= 4 is 0 Å². The lowest BCUT2D eigenvalue weighted by atomic mass is 9.84. The molecule has 0 spiro atoms. The quantitative estimate of drug-likeness (QED) is 0.872. The molecule has 2 aromatic carbocycles. The molecule has 0 saturated carbocycles. The van der Waals surface area contributed by atoms with E-state index in [0.717, 1.165) is 30.6 Å². The monoisotopic (exact) mass is 284 g/mol. The molecule has 1 aliphatic heterocycles. The number of hydrogen-bond donors (Lipinski definition) is 2. The highest BCUT2D eigenvalue weighted by Gasteiger charge is 2.29. The highest BCUT2D eigenvalue weighted by Crippen LogP contribution is 2.45. The zero-order chi connectivity index (χ0) is 14.8. The van der Waals surface area contributed by atoms with Crippen molar-refractivity contribution in [1.29, 1.82) is 0 Å². The van der Waals surface area contributed by atoms with Crippen LogP contribution in [0.1, 0.15) is 49.3 Å². The largest absolute Gasteiger partial charge is 0.508 e. The molecule has 0 saturated heterocycles. The predicted molar refractivity (Wildman–Crippen MR) is 81.8 cm³/mol. The fourth-order valence-electron chi connectivity index (χ4n) is 3.06. The third-order valence-corrected chi connectivity index (χ3v) is 4.11. The third-order valence-electron chi connectivity index (χ3n) is 4.11. The Labute approximate surface area is 124 Å². The van der Waals surface area contributed by atoms with Gasteiger partial charge in [-0.3, -0.25) is 0 Å². The first-order valence-corrected chi connectivity index (χ1v) is 7.46. The lowest BCUT2D eigenvalue weighted by molar-refractivity contribution is 0.157. The van der Waals surface area contributed by atoms with Crippen LogP contribution in [-0.2, 0) is 0 Å². The molecule has 3 nitrogen and oxygen atoms in total. The van der Waals surface area contributed by atoms with Crippen molar-refractivity contribution in [3.05, 3.63) is 53.6 Å². The number of phenols is 2. The van der Waals surface area contributed by atoms with E-state index >= 15 is 0 Å². The molecule has 1 heterocycles. The number of rotatable bonds is 3. The van der Waals surface area contributed by atoms with Gasteiger partial charge in [-0.2, -0.15) is 0 Å². The minimum Gasteiger partial charge on any atom is -0.508 e. The maximum absolute atomic E-state index is 9.68. The number of hydrogen-bond acceptors (Lipinski definition) is 3. The number of ether oxygens (including phenoxy) is 1. The van der Waals surface area contributed by atoms with Crippen LogP contribution < -0.4 is 4.74 Å². The third kappa shape index (κ3) is 2.82. The van der Waals surface area contributed by atoms with E-state index in [0.29, 0.717) is 5.92 Å². The lowest BCUT2D eigenvalue weighted by Crippen LogP contribution is -2.19. The standard InChI is InChI=1S/C18H20O3/c1-2-3-13-10-17(12-4-6-14(19)7-5-12)21-18-11-15(20)8-9-16(13)18/h4-9,11,13,17,19-20H,2-3,10H2,1H3. The fourth-order valence-corrected chi connectivity index (χ4v) is 3.06. The van der Waals surface area contributed by atoms with Crippen LogP contribution in [0, 0.1) is 0 Å². The summed E-state index contributed by atoms with van der Waals surface area (Å²) in [6.07, 6.45) is 3.12. The van der Waals surface area contributed by atoms with Crippen molar-refractivity contribution in [2.75, 3.05) is 0 Å². The summed E-state index contributed by atoms with van der Waals surface area (Å²) in [7, 11) is 0.